The summed E-state index contributed by atoms with van der Waals surface area (Å²) < 4.78 is 27.8. The minimum Gasteiger partial charge on any atom is -0.493 e. The van der Waals surface area contributed by atoms with Gasteiger partial charge in [0.2, 0.25) is 0 Å². The van der Waals surface area contributed by atoms with Crippen LogP contribution < -0.4 is 18.9 Å². The van der Waals surface area contributed by atoms with Crippen molar-refractivity contribution in [3.05, 3.63) is 117 Å². The van der Waals surface area contributed by atoms with E-state index in [1.165, 1.54) is 173 Å². The van der Waals surface area contributed by atoms with Crippen LogP contribution in [0.1, 0.15) is 226 Å². The van der Waals surface area contributed by atoms with Crippen LogP contribution in [-0.2, 0) is 25.7 Å². The molecule has 5 rings (SSSR count). The van der Waals surface area contributed by atoms with Crippen LogP contribution in [0.3, 0.4) is 0 Å². The molecule has 4 heteroatoms. The summed E-state index contributed by atoms with van der Waals surface area (Å²) >= 11 is 0. The van der Waals surface area contributed by atoms with E-state index in [0.717, 1.165) is 101 Å². The summed E-state index contributed by atoms with van der Waals surface area (Å²) in [6.45, 7) is 12.1. The van der Waals surface area contributed by atoms with Crippen LogP contribution >= 0.6 is 0 Å². The molecule has 4 nitrogen and oxygen atoms in total. The third-order valence-corrected chi connectivity index (χ3v) is 13.2. The number of fused-ring (bicyclic) bond motifs is 8. The highest BCUT2D eigenvalue weighted by Crippen LogP contribution is 2.39. The normalized spacial score (nSPS) is 12.3. The Kier molecular flexibility index (Phi) is 24.8. The minimum absolute atomic E-state index is 0.731. The number of para-hydroxylation sites is 4. The predicted molar refractivity (Wildman–Crippen MR) is 272 cm³/mol. The predicted octanol–water partition coefficient (Wildman–Crippen LogP) is 17.3. The summed E-state index contributed by atoms with van der Waals surface area (Å²) in [6, 6.07) is 27.3. The third-order valence-electron chi connectivity index (χ3n) is 13.2. The molecule has 0 aromatic heterocycles. The van der Waals surface area contributed by atoms with Crippen LogP contribution in [0.2, 0.25) is 0 Å². The molecule has 0 N–H and O–H groups in total. The molecule has 0 spiro atoms. The van der Waals surface area contributed by atoms with Gasteiger partial charge in [-0.3, -0.25) is 0 Å². The highest BCUT2D eigenvalue weighted by Gasteiger charge is 2.22. The van der Waals surface area contributed by atoms with E-state index in [-0.39, 0.29) is 0 Å². The molecule has 0 atom stereocenters. The summed E-state index contributed by atoms with van der Waals surface area (Å²) in [6.07, 6.45) is 32.8. The van der Waals surface area contributed by atoms with E-state index >= 15 is 0 Å². The van der Waals surface area contributed by atoms with E-state index < -0.39 is 0 Å². The van der Waals surface area contributed by atoms with Gasteiger partial charge in [-0.2, -0.15) is 0 Å². The third kappa shape index (κ3) is 17.5. The molecule has 0 aliphatic heterocycles. The lowest BCUT2D eigenvalue weighted by Gasteiger charge is -2.23. The molecule has 0 fully saturated rings. The zero-order chi connectivity index (χ0) is 44.9. The maximum absolute atomic E-state index is 6.96. The SMILES string of the molecule is CCCCCCCCOc1c2cccc1Cc1cccc(c1OCCCCCCCC)Cc1cccc(c1OCCCCCCCC)Cc1cccc(c1OCCCCCCCC)C2. The Morgan fingerprint density at radius 2 is 0.422 bits per heavy atom. The second-order valence-corrected chi connectivity index (χ2v) is 18.8. The molecule has 64 heavy (non-hydrogen) atoms. The van der Waals surface area contributed by atoms with Gasteiger partial charge in [-0.25, -0.2) is 0 Å². The van der Waals surface area contributed by atoms with Crippen molar-refractivity contribution >= 4 is 0 Å². The molecule has 0 saturated carbocycles. The Bertz CT molecular complexity index is 1510. The summed E-state index contributed by atoms with van der Waals surface area (Å²) in [4.78, 5) is 0. The fraction of sp³-hybridized carbons (Fsp3) is 0.600. The fourth-order valence-electron chi connectivity index (χ4n) is 9.45. The number of hydrogen-bond donors (Lipinski definition) is 0. The van der Waals surface area contributed by atoms with Crippen LogP contribution in [0.15, 0.2) is 72.8 Å². The lowest BCUT2D eigenvalue weighted by molar-refractivity contribution is 0.293. The van der Waals surface area contributed by atoms with E-state index in [4.69, 9.17) is 18.9 Å². The molecule has 0 saturated heterocycles. The van der Waals surface area contributed by atoms with Crippen molar-refractivity contribution in [3.8, 4) is 23.0 Å². The molecular weight excluding hydrogens is 785 g/mol. The highest BCUT2D eigenvalue weighted by atomic mass is 16.5. The Morgan fingerprint density at radius 3 is 0.609 bits per heavy atom. The van der Waals surface area contributed by atoms with Gasteiger partial charge in [0.05, 0.1) is 26.4 Å². The molecule has 4 aromatic carbocycles. The van der Waals surface area contributed by atoms with Crippen molar-refractivity contribution in [2.75, 3.05) is 26.4 Å². The first-order chi connectivity index (χ1) is 31.7. The van der Waals surface area contributed by atoms with E-state index in [1.807, 2.05) is 0 Å². The van der Waals surface area contributed by atoms with Gasteiger partial charge < -0.3 is 18.9 Å². The van der Waals surface area contributed by atoms with Gasteiger partial charge in [-0.05, 0) is 70.2 Å². The second kappa shape index (κ2) is 31.1. The van der Waals surface area contributed by atoms with Crippen LogP contribution in [-0.4, -0.2) is 26.4 Å². The fourth-order valence-corrected chi connectivity index (χ4v) is 9.45. The standard InChI is InChI=1S/C60H88O4/c1-5-9-13-17-21-25-41-61-57-49-33-29-34-50(57)46-52-36-31-38-54(59(52)63-43-27-23-19-15-11-7-3)48-56-40-32-39-55(60(56)64-44-28-24-20-16-12-8-4)47-53-37-30-35-51(45-49)58(53)62-42-26-22-18-14-10-6-2/h29-40H,5-28,41-48H2,1-4H3. The largest absolute Gasteiger partial charge is 0.493 e. The van der Waals surface area contributed by atoms with Gasteiger partial charge in [-0.1, -0.05) is 229 Å². The molecule has 8 bridgehead atoms. The molecule has 0 unspecified atom stereocenters. The molecule has 0 heterocycles. The van der Waals surface area contributed by atoms with Crippen LogP contribution in [0, 0.1) is 0 Å². The van der Waals surface area contributed by atoms with Gasteiger partial charge in [0.1, 0.15) is 23.0 Å². The quantitative estimate of drug-likeness (QED) is 0.0404. The summed E-state index contributed by atoms with van der Waals surface area (Å²) in [5.41, 5.74) is 9.84. The first kappa shape index (κ1) is 51.1. The van der Waals surface area contributed by atoms with E-state index in [1.54, 1.807) is 0 Å². The first-order valence-electron chi connectivity index (χ1n) is 26.6. The number of ether oxygens (including phenoxy) is 4. The zero-order valence-electron chi connectivity index (χ0n) is 41.2. The highest BCUT2D eigenvalue weighted by molar-refractivity contribution is 5.56. The summed E-state index contributed by atoms with van der Waals surface area (Å²) in [5, 5.41) is 0. The van der Waals surface area contributed by atoms with Crippen molar-refractivity contribution < 1.29 is 18.9 Å². The van der Waals surface area contributed by atoms with Crippen molar-refractivity contribution in [1.29, 1.82) is 0 Å². The van der Waals surface area contributed by atoms with Crippen LogP contribution in [0.25, 0.3) is 0 Å². The van der Waals surface area contributed by atoms with Crippen molar-refractivity contribution in [3.63, 3.8) is 0 Å². The van der Waals surface area contributed by atoms with Crippen molar-refractivity contribution in [2.45, 2.75) is 207 Å². The average Bonchev–Trinajstić information content (AvgIpc) is 3.30. The van der Waals surface area contributed by atoms with Crippen molar-refractivity contribution in [1.82, 2.24) is 0 Å². The van der Waals surface area contributed by atoms with Crippen LogP contribution in [0.4, 0.5) is 0 Å². The molecule has 352 valence electrons. The van der Waals surface area contributed by atoms with Gasteiger partial charge in [-0.15, -0.1) is 0 Å². The molecule has 4 aromatic rings. The molecular formula is C60H88O4. The maximum Gasteiger partial charge on any atom is 0.126 e. The van der Waals surface area contributed by atoms with Gasteiger partial charge in [0.15, 0.2) is 0 Å². The Labute approximate surface area is 391 Å². The molecule has 0 amide bonds. The molecule has 1 aliphatic rings. The smallest absolute Gasteiger partial charge is 0.126 e. The maximum atomic E-state index is 6.96. The number of unbranched alkanes of at least 4 members (excludes halogenated alkanes) is 20. The summed E-state index contributed by atoms with van der Waals surface area (Å²) in [5.74, 6) is 4.16. The molecule has 1 aliphatic carbocycles. The van der Waals surface area contributed by atoms with E-state index in [0.29, 0.717) is 0 Å². The first-order valence-corrected chi connectivity index (χ1v) is 26.6. The Morgan fingerprint density at radius 1 is 0.250 bits per heavy atom. The van der Waals surface area contributed by atoms with E-state index in [2.05, 4.69) is 100 Å². The van der Waals surface area contributed by atoms with Crippen molar-refractivity contribution in [2.24, 2.45) is 0 Å². The van der Waals surface area contributed by atoms with Crippen LogP contribution in [0.5, 0.6) is 23.0 Å². The second-order valence-electron chi connectivity index (χ2n) is 18.8. The summed E-state index contributed by atoms with van der Waals surface area (Å²) in [7, 11) is 0. The average molecular weight is 873 g/mol. The monoisotopic (exact) mass is 873 g/mol. The number of hydrogen-bond acceptors (Lipinski definition) is 4. The minimum atomic E-state index is 0.731. The molecule has 0 radical (unpaired) electrons. The lowest BCUT2D eigenvalue weighted by atomic mass is 9.91. The number of benzene rings is 4. The van der Waals surface area contributed by atoms with E-state index in [9.17, 15) is 0 Å². The zero-order valence-corrected chi connectivity index (χ0v) is 41.2. The van der Waals surface area contributed by atoms with Gasteiger partial charge in [0.25, 0.3) is 0 Å². The topological polar surface area (TPSA) is 36.9 Å². The van der Waals surface area contributed by atoms with Gasteiger partial charge >= 0.3 is 0 Å². The Balaban J connectivity index is 1.55. The lowest BCUT2D eigenvalue weighted by Crippen LogP contribution is -2.10. The Hall–Kier alpha value is -3.92. The van der Waals surface area contributed by atoms with Gasteiger partial charge in [0, 0.05) is 25.7 Å². The number of rotatable bonds is 32.